The first-order valence-corrected chi connectivity index (χ1v) is 4.89. The molecular formula is C9H17N3O. The standard InChI is InChI=1S/C9H17N3O/c1-11-4-7(5-11)6-12-3-2-8(10)9(12)13/h7-8H,2-6,10H2,1H3. The van der Waals surface area contributed by atoms with Crippen molar-refractivity contribution in [2.75, 3.05) is 33.2 Å². The molecule has 0 aromatic heterocycles. The van der Waals surface area contributed by atoms with Gasteiger partial charge in [0.15, 0.2) is 0 Å². The van der Waals surface area contributed by atoms with Gasteiger partial charge in [0.25, 0.3) is 0 Å². The van der Waals surface area contributed by atoms with E-state index in [1.165, 1.54) is 0 Å². The van der Waals surface area contributed by atoms with Gasteiger partial charge >= 0.3 is 0 Å². The highest BCUT2D eigenvalue weighted by Gasteiger charge is 2.32. The molecule has 0 aliphatic carbocycles. The number of hydrogen-bond donors (Lipinski definition) is 1. The Balaban J connectivity index is 1.79. The number of nitrogens with two attached hydrogens (primary N) is 1. The third kappa shape index (κ3) is 1.69. The summed E-state index contributed by atoms with van der Waals surface area (Å²) in [5.41, 5.74) is 5.63. The van der Waals surface area contributed by atoms with Gasteiger partial charge in [-0.2, -0.15) is 0 Å². The van der Waals surface area contributed by atoms with E-state index in [0.717, 1.165) is 32.6 Å². The van der Waals surface area contributed by atoms with Gasteiger partial charge in [-0.15, -0.1) is 0 Å². The van der Waals surface area contributed by atoms with E-state index in [4.69, 9.17) is 5.73 Å². The van der Waals surface area contributed by atoms with Crippen molar-refractivity contribution in [3.05, 3.63) is 0 Å². The number of amides is 1. The van der Waals surface area contributed by atoms with E-state index >= 15 is 0 Å². The highest BCUT2D eigenvalue weighted by Crippen LogP contribution is 2.17. The molecule has 2 heterocycles. The van der Waals surface area contributed by atoms with Gasteiger partial charge in [-0.1, -0.05) is 0 Å². The van der Waals surface area contributed by atoms with Crippen LogP contribution in [0.1, 0.15) is 6.42 Å². The second-order valence-corrected chi connectivity index (χ2v) is 4.27. The first-order chi connectivity index (χ1) is 6.16. The minimum atomic E-state index is -0.224. The molecule has 2 fully saturated rings. The molecule has 13 heavy (non-hydrogen) atoms. The molecule has 1 amide bonds. The zero-order chi connectivity index (χ0) is 9.42. The average Bonchev–Trinajstić information content (AvgIpc) is 2.33. The van der Waals surface area contributed by atoms with E-state index in [9.17, 15) is 4.79 Å². The molecule has 0 spiro atoms. The third-order valence-electron chi connectivity index (χ3n) is 2.96. The van der Waals surface area contributed by atoms with Crippen LogP contribution in [0.2, 0.25) is 0 Å². The number of carbonyl (C=O) groups is 1. The maximum atomic E-state index is 11.4. The van der Waals surface area contributed by atoms with E-state index in [2.05, 4.69) is 11.9 Å². The van der Waals surface area contributed by atoms with Crippen molar-refractivity contribution in [2.24, 2.45) is 11.7 Å². The highest BCUT2D eigenvalue weighted by atomic mass is 16.2. The average molecular weight is 183 g/mol. The molecule has 2 N–H and O–H groups in total. The maximum absolute atomic E-state index is 11.4. The summed E-state index contributed by atoms with van der Waals surface area (Å²) < 4.78 is 0. The van der Waals surface area contributed by atoms with Crippen LogP contribution in [0, 0.1) is 5.92 Å². The first kappa shape index (κ1) is 8.97. The van der Waals surface area contributed by atoms with Crippen LogP contribution >= 0.6 is 0 Å². The van der Waals surface area contributed by atoms with E-state index in [-0.39, 0.29) is 11.9 Å². The summed E-state index contributed by atoms with van der Waals surface area (Å²) in [6.45, 7) is 4.02. The summed E-state index contributed by atoms with van der Waals surface area (Å²) in [6.07, 6.45) is 0.835. The van der Waals surface area contributed by atoms with Crippen molar-refractivity contribution < 1.29 is 4.79 Å². The number of likely N-dealkylation sites (tertiary alicyclic amines) is 2. The van der Waals surface area contributed by atoms with E-state index in [1.54, 1.807) is 0 Å². The van der Waals surface area contributed by atoms with Gasteiger partial charge in [0.2, 0.25) is 5.91 Å². The van der Waals surface area contributed by atoms with Crippen molar-refractivity contribution >= 4 is 5.91 Å². The number of hydrogen-bond acceptors (Lipinski definition) is 3. The van der Waals surface area contributed by atoms with Crippen molar-refractivity contribution in [1.29, 1.82) is 0 Å². The van der Waals surface area contributed by atoms with Crippen molar-refractivity contribution in [2.45, 2.75) is 12.5 Å². The molecule has 4 heteroatoms. The molecule has 4 nitrogen and oxygen atoms in total. The lowest BCUT2D eigenvalue weighted by Gasteiger charge is -2.38. The Morgan fingerprint density at radius 3 is 2.69 bits per heavy atom. The van der Waals surface area contributed by atoms with Gasteiger partial charge in [0.1, 0.15) is 0 Å². The van der Waals surface area contributed by atoms with Gasteiger partial charge in [0, 0.05) is 32.1 Å². The Bertz CT molecular complexity index is 213. The van der Waals surface area contributed by atoms with Crippen LogP contribution in [0.3, 0.4) is 0 Å². The minimum absolute atomic E-state index is 0.148. The maximum Gasteiger partial charge on any atom is 0.239 e. The van der Waals surface area contributed by atoms with Crippen LogP contribution in [-0.2, 0) is 4.79 Å². The van der Waals surface area contributed by atoms with Gasteiger partial charge in [0.05, 0.1) is 6.04 Å². The Kier molecular flexibility index (Phi) is 2.26. The molecule has 0 bridgehead atoms. The zero-order valence-electron chi connectivity index (χ0n) is 8.07. The smallest absolute Gasteiger partial charge is 0.239 e. The molecule has 0 aromatic rings. The number of nitrogens with zero attached hydrogens (tertiary/aromatic N) is 2. The largest absolute Gasteiger partial charge is 0.341 e. The first-order valence-electron chi connectivity index (χ1n) is 4.89. The predicted octanol–water partition coefficient (Wildman–Crippen LogP) is -0.892. The summed E-state index contributed by atoms with van der Waals surface area (Å²) in [6, 6.07) is -0.224. The second-order valence-electron chi connectivity index (χ2n) is 4.27. The van der Waals surface area contributed by atoms with E-state index < -0.39 is 0 Å². The molecule has 74 valence electrons. The lowest BCUT2D eigenvalue weighted by molar-refractivity contribution is -0.129. The molecule has 2 saturated heterocycles. The van der Waals surface area contributed by atoms with E-state index in [1.807, 2.05) is 4.90 Å². The van der Waals surface area contributed by atoms with Crippen molar-refractivity contribution in [3.8, 4) is 0 Å². The van der Waals surface area contributed by atoms with Gasteiger partial charge in [-0.05, 0) is 13.5 Å². The Labute approximate surface area is 78.7 Å². The Hall–Kier alpha value is -0.610. The second kappa shape index (κ2) is 3.27. The Morgan fingerprint density at radius 2 is 2.23 bits per heavy atom. The summed E-state index contributed by atoms with van der Waals surface area (Å²) in [5.74, 6) is 0.828. The van der Waals surface area contributed by atoms with Crippen LogP contribution in [-0.4, -0.2) is 55.0 Å². The van der Waals surface area contributed by atoms with Crippen molar-refractivity contribution in [1.82, 2.24) is 9.80 Å². The van der Waals surface area contributed by atoms with Crippen LogP contribution in [0.4, 0.5) is 0 Å². The Morgan fingerprint density at radius 1 is 1.54 bits per heavy atom. The summed E-state index contributed by atoms with van der Waals surface area (Å²) in [5, 5.41) is 0. The zero-order valence-corrected chi connectivity index (χ0v) is 8.07. The van der Waals surface area contributed by atoms with Gasteiger partial charge in [-0.25, -0.2) is 0 Å². The summed E-state index contributed by atoms with van der Waals surface area (Å²) in [7, 11) is 2.11. The fourth-order valence-corrected chi connectivity index (χ4v) is 2.20. The number of rotatable bonds is 2. The fraction of sp³-hybridized carbons (Fsp3) is 0.889. The van der Waals surface area contributed by atoms with Gasteiger partial charge in [-0.3, -0.25) is 4.79 Å². The molecule has 2 aliphatic heterocycles. The van der Waals surface area contributed by atoms with Gasteiger partial charge < -0.3 is 15.5 Å². The monoisotopic (exact) mass is 183 g/mol. The summed E-state index contributed by atoms with van der Waals surface area (Å²) in [4.78, 5) is 15.6. The lowest BCUT2D eigenvalue weighted by Crippen LogP contribution is -2.50. The highest BCUT2D eigenvalue weighted by molar-refractivity contribution is 5.83. The molecule has 0 saturated carbocycles. The van der Waals surface area contributed by atoms with Crippen LogP contribution in [0.15, 0.2) is 0 Å². The SMILES string of the molecule is CN1CC(CN2CCC(N)C2=O)C1. The van der Waals surface area contributed by atoms with E-state index in [0.29, 0.717) is 5.92 Å². The number of carbonyl (C=O) groups excluding carboxylic acids is 1. The fourth-order valence-electron chi connectivity index (χ4n) is 2.20. The van der Waals surface area contributed by atoms with Crippen LogP contribution in [0.25, 0.3) is 0 Å². The molecule has 2 rings (SSSR count). The van der Waals surface area contributed by atoms with Crippen molar-refractivity contribution in [3.63, 3.8) is 0 Å². The quantitative estimate of drug-likeness (QED) is 0.604. The molecule has 1 unspecified atom stereocenters. The molecule has 0 radical (unpaired) electrons. The minimum Gasteiger partial charge on any atom is -0.341 e. The van der Waals surface area contributed by atoms with Crippen LogP contribution < -0.4 is 5.73 Å². The van der Waals surface area contributed by atoms with Crippen LogP contribution in [0.5, 0.6) is 0 Å². The molecular weight excluding hydrogens is 166 g/mol. The molecule has 0 aromatic carbocycles. The molecule has 2 aliphatic rings. The topological polar surface area (TPSA) is 49.6 Å². The summed E-state index contributed by atoms with van der Waals surface area (Å²) >= 11 is 0. The third-order valence-corrected chi connectivity index (χ3v) is 2.96. The molecule has 1 atom stereocenters. The lowest BCUT2D eigenvalue weighted by atomic mass is 10.0. The normalized spacial score (nSPS) is 31.1. The predicted molar refractivity (Wildman–Crippen MR) is 50.2 cm³/mol.